The van der Waals surface area contributed by atoms with Crippen molar-refractivity contribution in [3.8, 4) is 5.69 Å². The molecule has 0 aliphatic heterocycles. The standard InChI is InChI=1S/C15H14ClN3S/c1-11(12-5-8-20-10-12)18-14-9-13(16)3-4-15(14)19-7-2-6-17-19/h2-11,18H,1H3. The van der Waals surface area contributed by atoms with E-state index < -0.39 is 0 Å². The van der Waals surface area contributed by atoms with Gasteiger partial charge in [0.1, 0.15) is 0 Å². The van der Waals surface area contributed by atoms with Gasteiger partial charge in [0.2, 0.25) is 0 Å². The number of benzene rings is 1. The maximum atomic E-state index is 6.12. The van der Waals surface area contributed by atoms with E-state index in [0.29, 0.717) is 5.02 Å². The lowest BCUT2D eigenvalue weighted by Gasteiger charge is -2.17. The Morgan fingerprint density at radius 1 is 1.35 bits per heavy atom. The quantitative estimate of drug-likeness (QED) is 0.753. The van der Waals surface area contributed by atoms with Gasteiger partial charge in [-0.15, -0.1) is 0 Å². The molecule has 20 heavy (non-hydrogen) atoms. The van der Waals surface area contributed by atoms with E-state index in [2.05, 4.69) is 34.2 Å². The maximum Gasteiger partial charge on any atom is 0.0878 e. The van der Waals surface area contributed by atoms with Gasteiger partial charge in [-0.3, -0.25) is 0 Å². The largest absolute Gasteiger partial charge is 0.377 e. The molecule has 3 aromatic rings. The summed E-state index contributed by atoms with van der Waals surface area (Å²) in [6, 6.07) is 10.0. The first-order valence-electron chi connectivity index (χ1n) is 6.32. The second-order valence-electron chi connectivity index (χ2n) is 4.53. The van der Waals surface area contributed by atoms with Crippen molar-refractivity contribution in [1.82, 2.24) is 9.78 Å². The molecule has 2 heterocycles. The van der Waals surface area contributed by atoms with E-state index in [1.54, 1.807) is 17.5 Å². The highest BCUT2D eigenvalue weighted by Crippen LogP contribution is 2.28. The van der Waals surface area contributed by atoms with Crippen molar-refractivity contribution in [2.75, 3.05) is 5.32 Å². The van der Waals surface area contributed by atoms with Crippen LogP contribution >= 0.6 is 22.9 Å². The number of hydrogen-bond acceptors (Lipinski definition) is 3. The summed E-state index contributed by atoms with van der Waals surface area (Å²) in [6.07, 6.45) is 3.68. The molecule has 0 saturated heterocycles. The minimum absolute atomic E-state index is 0.217. The van der Waals surface area contributed by atoms with Crippen LogP contribution in [0.2, 0.25) is 5.02 Å². The molecular formula is C15H14ClN3S. The molecule has 0 aliphatic carbocycles. The third-order valence-electron chi connectivity index (χ3n) is 3.13. The molecule has 3 nitrogen and oxygen atoms in total. The molecule has 0 saturated carbocycles. The topological polar surface area (TPSA) is 29.9 Å². The molecule has 1 unspecified atom stereocenters. The Labute approximate surface area is 126 Å². The number of halogens is 1. The smallest absolute Gasteiger partial charge is 0.0878 e. The average molecular weight is 304 g/mol. The predicted octanol–water partition coefficient (Wildman–Crippen LogP) is 4.76. The second kappa shape index (κ2) is 5.69. The van der Waals surface area contributed by atoms with E-state index >= 15 is 0 Å². The van der Waals surface area contributed by atoms with Crippen LogP contribution in [-0.4, -0.2) is 9.78 Å². The Balaban J connectivity index is 1.94. The maximum absolute atomic E-state index is 6.12. The van der Waals surface area contributed by atoms with Crippen molar-refractivity contribution >= 4 is 28.6 Å². The fraction of sp³-hybridized carbons (Fsp3) is 0.133. The van der Waals surface area contributed by atoms with Crippen molar-refractivity contribution < 1.29 is 0 Å². The van der Waals surface area contributed by atoms with Crippen LogP contribution in [0.15, 0.2) is 53.5 Å². The predicted molar refractivity (Wildman–Crippen MR) is 84.9 cm³/mol. The first-order chi connectivity index (χ1) is 9.74. The third-order valence-corrected chi connectivity index (χ3v) is 4.06. The highest BCUT2D eigenvalue weighted by molar-refractivity contribution is 7.08. The molecule has 0 aliphatic rings. The summed E-state index contributed by atoms with van der Waals surface area (Å²) in [7, 11) is 0. The fourth-order valence-corrected chi connectivity index (χ4v) is 3.00. The van der Waals surface area contributed by atoms with Gasteiger partial charge >= 0.3 is 0 Å². The summed E-state index contributed by atoms with van der Waals surface area (Å²) < 4.78 is 1.83. The van der Waals surface area contributed by atoms with Gasteiger partial charge in [0.05, 0.1) is 11.4 Å². The Kier molecular flexibility index (Phi) is 3.76. The van der Waals surface area contributed by atoms with Crippen LogP contribution in [0, 0.1) is 0 Å². The van der Waals surface area contributed by atoms with E-state index in [1.165, 1.54) is 5.56 Å². The van der Waals surface area contributed by atoms with Crippen LogP contribution in [0.5, 0.6) is 0 Å². The summed E-state index contributed by atoms with van der Waals surface area (Å²) in [5, 5.41) is 12.7. The van der Waals surface area contributed by atoms with Crippen LogP contribution < -0.4 is 5.32 Å². The summed E-state index contributed by atoms with van der Waals surface area (Å²) in [5.74, 6) is 0. The minimum atomic E-state index is 0.217. The van der Waals surface area contributed by atoms with E-state index in [1.807, 2.05) is 35.1 Å². The molecule has 3 rings (SSSR count). The van der Waals surface area contributed by atoms with Gasteiger partial charge < -0.3 is 5.32 Å². The van der Waals surface area contributed by atoms with Gasteiger partial charge in [0, 0.05) is 23.5 Å². The summed E-state index contributed by atoms with van der Waals surface area (Å²) in [4.78, 5) is 0. The fourth-order valence-electron chi connectivity index (χ4n) is 2.07. The van der Waals surface area contributed by atoms with Crippen LogP contribution in [-0.2, 0) is 0 Å². The number of nitrogens with zero attached hydrogens (tertiary/aromatic N) is 2. The highest BCUT2D eigenvalue weighted by Gasteiger charge is 2.11. The molecular weight excluding hydrogens is 290 g/mol. The van der Waals surface area contributed by atoms with E-state index in [0.717, 1.165) is 11.4 Å². The van der Waals surface area contributed by atoms with Crippen molar-refractivity contribution in [2.45, 2.75) is 13.0 Å². The number of rotatable bonds is 4. The first kappa shape index (κ1) is 13.2. The van der Waals surface area contributed by atoms with E-state index in [9.17, 15) is 0 Å². The lowest BCUT2D eigenvalue weighted by molar-refractivity contribution is 0.856. The summed E-state index contributed by atoms with van der Waals surface area (Å²) in [5.41, 5.74) is 3.22. The second-order valence-corrected chi connectivity index (χ2v) is 5.75. The normalized spacial score (nSPS) is 12.3. The van der Waals surface area contributed by atoms with Crippen LogP contribution in [0.3, 0.4) is 0 Å². The van der Waals surface area contributed by atoms with Crippen LogP contribution in [0.4, 0.5) is 5.69 Å². The molecule has 1 N–H and O–H groups in total. The van der Waals surface area contributed by atoms with Gasteiger partial charge in [-0.1, -0.05) is 11.6 Å². The number of anilines is 1. The average Bonchev–Trinajstić information content (AvgIpc) is 3.12. The van der Waals surface area contributed by atoms with Crippen molar-refractivity contribution in [2.24, 2.45) is 0 Å². The van der Waals surface area contributed by atoms with Crippen LogP contribution in [0.1, 0.15) is 18.5 Å². The van der Waals surface area contributed by atoms with Crippen LogP contribution in [0.25, 0.3) is 5.69 Å². The molecule has 0 spiro atoms. The molecule has 1 atom stereocenters. The summed E-state index contributed by atoms with van der Waals surface area (Å²) >= 11 is 7.82. The lowest BCUT2D eigenvalue weighted by Crippen LogP contribution is -2.09. The summed E-state index contributed by atoms with van der Waals surface area (Å²) in [6.45, 7) is 2.13. The Hall–Kier alpha value is -1.78. The molecule has 0 fully saturated rings. The SMILES string of the molecule is CC(Nc1cc(Cl)ccc1-n1cccn1)c1ccsc1. The van der Waals surface area contributed by atoms with Gasteiger partial charge in [-0.2, -0.15) is 16.4 Å². The lowest BCUT2D eigenvalue weighted by atomic mass is 10.1. The highest BCUT2D eigenvalue weighted by atomic mass is 35.5. The Morgan fingerprint density at radius 3 is 2.95 bits per heavy atom. The third kappa shape index (κ3) is 2.71. The zero-order valence-electron chi connectivity index (χ0n) is 11.0. The molecule has 2 aromatic heterocycles. The van der Waals surface area contributed by atoms with Crippen molar-refractivity contribution in [3.05, 3.63) is 64.1 Å². The van der Waals surface area contributed by atoms with E-state index in [4.69, 9.17) is 11.6 Å². The molecule has 1 aromatic carbocycles. The van der Waals surface area contributed by atoms with Gasteiger partial charge in [-0.25, -0.2) is 4.68 Å². The molecule has 102 valence electrons. The molecule has 0 radical (unpaired) electrons. The Morgan fingerprint density at radius 2 is 2.25 bits per heavy atom. The number of nitrogens with one attached hydrogen (secondary N) is 1. The van der Waals surface area contributed by atoms with Crippen molar-refractivity contribution in [1.29, 1.82) is 0 Å². The first-order valence-corrected chi connectivity index (χ1v) is 7.64. The van der Waals surface area contributed by atoms with Gasteiger partial charge in [0.15, 0.2) is 0 Å². The molecule has 0 amide bonds. The monoisotopic (exact) mass is 303 g/mol. The zero-order valence-corrected chi connectivity index (χ0v) is 12.5. The Bertz CT molecular complexity index is 677. The molecule has 5 heteroatoms. The van der Waals surface area contributed by atoms with E-state index in [-0.39, 0.29) is 6.04 Å². The van der Waals surface area contributed by atoms with Crippen molar-refractivity contribution in [3.63, 3.8) is 0 Å². The van der Waals surface area contributed by atoms with Gasteiger partial charge in [-0.05, 0) is 53.6 Å². The minimum Gasteiger partial charge on any atom is -0.377 e. The molecule has 0 bridgehead atoms. The number of aromatic nitrogens is 2. The van der Waals surface area contributed by atoms with Gasteiger partial charge in [0.25, 0.3) is 0 Å². The zero-order chi connectivity index (χ0) is 13.9. The number of thiophene rings is 1. The number of hydrogen-bond donors (Lipinski definition) is 1.